The first kappa shape index (κ1) is 19.7. The molecule has 1 N–H and O–H groups in total. The van der Waals surface area contributed by atoms with Crippen LogP contribution in [0.1, 0.15) is 12.6 Å². The fourth-order valence-corrected chi connectivity index (χ4v) is 2.77. The summed E-state index contributed by atoms with van der Waals surface area (Å²) in [6.45, 7) is 4.58. The first-order valence-corrected chi connectivity index (χ1v) is 8.18. The molecule has 1 aromatic heterocycles. The highest BCUT2D eigenvalue weighted by molar-refractivity contribution is 5.94. The van der Waals surface area contributed by atoms with E-state index in [0.717, 1.165) is 33.7 Å². The summed E-state index contributed by atoms with van der Waals surface area (Å²) in [7, 11) is 3.25. The summed E-state index contributed by atoms with van der Waals surface area (Å²) in [4.78, 5) is 4.60. The first-order chi connectivity index (χ1) is 12.1. The van der Waals surface area contributed by atoms with Gasteiger partial charge in [0.25, 0.3) is 0 Å². The second-order valence-corrected chi connectivity index (χ2v) is 5.62. The Hall–Kier alpha value is -2.66. The zero-order valence-corrected chi connectivity index (χ0v) is 16.1. The molecule has 0 atom stereocenters. The number of methoxy groups -OCH3 is 2. The van der Waals surface area contributed by atoms with Crippen LogP contribution >= 0.6 is 0 Å². The van der Waals surface area contributed by atoms with Gasteiger partial charge < -0.3 is 31.9 Å². The quantitative estimate of drug-likeness (QED) is 0.713. The van der Waals surface area contributed by atoms with E-state index in [4.69, 9.17) is 14.2 Å². The number of ether oxygens (including phenoxy) is 3. The van der Waals surface area contributed by atoms with Gasteiger partial charge in [0.15, 0.2) is 11.5 Å². The van der Waals surface area contributed by atoms with Crippen LogP contribution in [0.4, 0.5) is 11.4 Å². The third-order valence-corrected chi connectivity index (χ3v) is 3.88. The van der Waals surface area contributed by atoms with E-state index in [1.807, 2.05) is 56.3 Å². The molecule has 0 saturated heterocycles. The Kier molecular flexibility index (Phi) is 6.52. The smallest absolute Gasteiger partial charge is 0.162 e. The molecule has 3 rings (SSSR count). The minimum absolute atomic E-state index is 0. The lowest BCUT2D eigenvalue weighted by Crippen LogP contribution is -3.00. The Labute approximate surface area is 159 Å². The maximum atomic E-state index is 5.62. The topological polar surface area (TPSA) is 52.6 Å². The highest BCUT2D eigenvalue weighted by atomic mass is 35.5. The fourth-order valence-electron chi connectivity index (χ4n) is 2.77. The standard InChI is InChI=1S/C20H22N2O3.ClH/c1-5-25-15-7-8-17-16(12-15)18(10-13(2)21-17)22-14-6-9-19(23-3)20(11-14)24-4;/h6-12H,5H2,1-4H3,(H,21,22);1H/p-1. The lowest BCUT2D eigenvalue weighted by molar-refractivity contribution is -0.00000629. The van der Waals surface area contributed by atoms with E-state index in [1.165, 1.54) is 0 Å². The number of rotatable bonds is 6. The summed E-state index contributed by atoms with van der Waals surface area (Å²) in [5.74, 6) is 2.20. The molecule has 1 heterocycles. The van der Waals surface area contributed by atoms with Crippen LogP contribution in [-0.2, 0) is 0 Å². The van der Waals surface area contributed by atoms with Crippen molar-refractivity contribution in [3.8, 4) is 17.2 Å². The minimum Gasteiger partial charge on any atom is -1.00 e. The molecule has 0 fully saturated rings. The number of pyridine rings is 1. The van der Waals surface area contributed by atoms with Gasteiger partial charge in [-0.25, -0.2) is 0 Å². The zero-order chi connectivity index (χ0) is 17.8. The van der Waals surface area contributed by atoms with Crippen molar-refractivity contribution in [3.05, 3.63) is 48.2 Å². The van der Waals surface area contributed by atoms with E-state index in [1.54, 1.807) is 14.2 Å². The van der Waals surface area contributed by atoms with Crippen molar-refractivity contribution < 1.29 is 26.6 Å². The Morgan fingerprint density at radius 1 is 0.962 bits per heavy atom. The molecular formula is C20H22ClN2O3-. The molecule has 0 aliphatic carbocycles. The van der Waals surface area contributed by atoms with Crippen LogP contribution in [-0.4, -0.2) is 25.8 Å². The number of aryl methyl sites for hydroxylation is 1. The molecule has 0 aliphatic heterocycles. The van der Waals surface area contributed by atoms with Gasteiger partial charge in [0.1, 0.15) is 5.75 Å². The van der Waals surface area contributed by atoms with Gasteiger partial charge in [0, 0.05) is 28.5 Å². The lowest BCUT2D eigenvalue weighted by atomic mass is 10.1. The van der Waals surface area contributed by atoms with Crippen molar-refractivity contribution in [2.24, 2.45) is 0 Å². The highest BCUT2D eigenvalue weighted by Gasteiger charge is 2.09. The Balaban J connectivity index is 0.00000243. The maximum absolute atomic E-state index is 5.62. The molecule has 5 nitrogen and oxygen atoms in total. The van der Waals surface area contributed by atoms with Crippen LogP contribution in [0.15, 0.2) is 42.5 Å². The van der Waals surface area contributed by atoms with Crippen molar-refractivity contribution in [2.45, 2.75) is 13.8 Å². The number of halogens is 1. The van der Waals surface area contributed by atoms with Crippen LogP contribution in [0.25, 0.3) is 10.9 Å². The van der Waals surface area contributed by atoms with Crippen molar-refractivity contribution in [1.29, 1.82) is 0 Å². The molecule has 2 aromatic carbocycles. The second-order valence-electron chi connectivity index (χ2n) is 5.62. The normalized spacial score (nSPS) is 10.2. The van der Waals surface area contributed by atoms with E-state index in [9.17, 15) is 0 Å². The number of anilines is 2. The van der Waals surface area contributed by atoms with Crippen LogP contribution in [0.2, 0.25) is 0 Å². The summed E-state index contributed by atoms with van der Waals surface area (Å²) in [6, 6.07) is 13.7. The summed E-state index contributed by atoms with van der Waals surface area (Å²) in [6.07, 6.45) is 0. The molecule has 0 spiro atoms. The zero-order valence-electron chi connectivity index (χ0n) is 15.3. The SMILES string of the molecule is CCOc1ccc2nc(C)cc(Nc3ccc(OC)c(OC)c3)c2c1.[Cl-]. The average molecular weight is 374 g/mol. The van der Waals surface area contributed by atoms with Gasteiger partial charge in [-0.3, -0.25) is 4.98 Å². The third kappa shape index (κ3) is 4.11. The first-order valence-electron chi connectivity index (χ1n) is 8.18. The van der Waals surface area contributed by atoms with E-state index in [-0.39, 0.29) is 12.4 Å². The second kappa shape index (κ2) is 8.63. The van der Waals surface area contributed by atoms with Crippen molar-refractivity contribution in [3.63, 3.8) is 0 Å². The van der Waals surface area contributed by atoms with Gasteiger partial charge in [-0.1, -0.05) is 0 Å². The fraction of sp³-hybridized carbons (Fsp3) is 0.250. The van der Waals surface area contributed by atoms with Gasteiger partial charge in [0.2, 0.25) is 0 Å². The Bertz CT molecular complexity index is 900. The molecule has 0 bridgehead atoms. The van der Waals surface area contributed by atoms with Crippen LogP contribution in [0, 0.1) is 6.92 Å². The number of fused-ring (bicyclic) bond motifs is 1. The largest absolute Gasteiger partial charge is 1.00 e. The van der Waals surface area contributed by atoms with Gasteiger partial charge >= 0.3 is 0 Å². The number of nitrogens with one attached hydrogen (secondary N) is 1. The average Bonchev–Trinajstić information content (AvgIpc) is 2.62. The summed E-state index contributed by atoms with van der Waals surface area (Å²) < 4.78 is 16.3. The van der Waals surface area contributed by atoms with Gasteiger partial charge in [-0.05, 0) is 50.2 Å². The lowest BCUT2D eigenvalue weighted by Gasteiger charge is -2.14. The molecule has 0 saturated carbocycles. The minimum atomic E-state index is 0. The number of benzene rings is 2. The maximum Gasteiger partial charge on any atom is 0.162 e. The molecule has 138 valence electrons. The molecule has 0 radical (unpaired) electrons. The van der Waals surface area contributed by atoms with E-state index >= 15 is 0 Å². The Morgan fingerprint density at radius 3 is 2.42 bits per heavy atom. The van der Waals surface area contributed by atoms with Gasteiger partial charge in [-0.2, -0.15) is 0 Å². The third-order valence-electron chi connectivity index (χ3n) is 3.88. The monoisotopic (exact) mass is 373 g/mol. The van der Waals surface area contributed by atoms with Crippen LogP contribution in [0.5, 0.6) is 17.2 Å². The predicted octanol–water partition coefficient (Wildman–Crippen LogP) is 1.71. The summed E-state index contributed by atoms with van der Waals surface area (Å²) in [5, 5.41) is 4.46. The summed E-state index contributed by atoms with van der Waals surface area (Å²) in [5.41, 5.74) is 3.74. The van der Waals surface area contributed by atoms with Crippen LogP contribution in [0.3, 0.4) is 0 Å². The predicted molar refractivity (Wildman–Crippen MR) is 100 cm³/mol. The molecule has 0 amide bonds. The number of aromatic nitrogens is 1. The van der Waals surface area contributed by atoms with E-state index in [2.05, 4.69) is 10.3 Å². The molecular weight excluding hydrogens is 352 g/mol. The molecule has 26 heavy (non-hydrogen) atoms. The highest BCUT2D eigenvalue weighted by Crippen LogP contribution is 2.34. The van der Waals surface area contributed by atoms with Gasteiger partial charge in [0.05, 0.1) is 26.3 Å². The van der Waals surface area contributed by atoms with E-state index < -0.39 is 0 Å². The number of hydrogen-bond acceptors (Lipinski definition) is 5. The van der Waals surface area contributed by atoms with Crippen molar-refractivity contribution in [2.75, 3.05) is 26.1 Å². The van der Waals surface area contributed by atoms with Gasteiger partial charge in [-0.15, -0.1) is 0 Å². The molecule has 0 unspecified atom stereocenters. The van der Waals surface area contributed by atoms with E-state index in [0.29, 0.717) is 18.1 Å². The number of hydrogen-bond donors (Lipinski definition) is 1. The van der Waals surface area contributed by atoms with Crippen LogP contribution < -0.4 is 31.9 Å². The molecule has 3 aromatic rings. The molecule has 6 heteroatoms. The van der Waals surface area contributed by atoms with Crippen molar-refractivity contribution >= 4 is 22.3 Å². The molecule has 0 aliphatic rings. The Morgan fingerprint density at radius 2 is 1.73 bits per heavy atom. The summed E-state index contributed by atoms with van der Waals surface area (Å²) >= 11 is 0. The van der Waals surface area contributed by atoms with Crippen molar-refractivity contribution in [1.82, 2.24) is 4.98 Å². The number of nitrogens with zero attached hydrogens (tertiary/aromatic N) is 1.